The summed E-state index contributed by atoms with van der Waals surface area (Å²) in [4.78, 5) is 14.8. The molecule has 1 saturated carbocycles. The van der Waals surface area contributed by atoms with Gasteiger partial charge >= 0.3 is 0 Å². The number of nitrogens with one attached hydrogen (secondary N) is 1. The van der Waals surface area contributed by atoms with Crippen molar-refractivity contribution in [3.8, 4) is 0 Å². The zero-order valence-electron chi connectivity index (χ0n) is 13.8. The minimum atomic E-state index is 0.0754. The van der Waals surface area contributed by atoms with E-state index in [9.17, 15) is 4.79 Å². The molecule has 20 heavy (non-hydrogen) atoms. The summed E-state index contributed by atoms with van der Waals surface area (Å²) in [5, 5.41) is 3.47. The molecule has 1 amide bonds. The van der Waals surface area contributed by atoms with E-state index in [1.807, 2.05) is 7.05 Å². The standard InChI is InChI=1S/C17H34N2O/c1-4-6-13-19(14-7-5-2)16(20)15-17(18-3)11-9-8-10-12-17/h18H,4-15H2,1-3H3. The highest BCUT2D eigenvalue weighted by Gasteiger charge is 2.33. The second-order valence-electron chi connectivity index (χ2n) is 6.36. The fourth-order valence-corrected chi connectivity index (χ4v) is 3.20. The maximum absolute atomic E-state index is 12.7. The maximum Gasteiger partial charge on any atom is 0.224 e. The molecule has 0 spiro atoms. The third-order valence-electron chi connectivity index (χ3n) is 4.75. The summed E-state index contributed by atoms with van der Waals surface area (Å²) in [6, 6.07) is 0. The first kappa shape index (κ1) is 17.5. The molecule has 1 N–H and O–H groups in total. The second kappa shape index (κ2) is 9.38. The average Bonchev–Trinajstić information content (AvgIpc) is 2.48. The van der Waals surface area contributed by atoms with E-state index in [2.05, 4.69) is 24.1 Å². The highest BCUT2D eigenvalue weighted by atomic mass is 16.2. The van der Waals surface area contributed by atoms with Crippen molar-refractivity contribution >= 4 is 5.91 Å². The minimum absolute atomic E-state index is 0.0754. The Morgan fingerprint density at radius 2 is 1.60 bits per heavy atom. The van der Waals surface area contributed by atoms with Gasteiger partial charge in [0, 0.05) is 25.0 Å². The topological polar surface area (TPSA) is 32.3 Å². The first-order valence-electron chi connectivity index (χ1n) is 8.64. The molecule has 0 heterocycles. The van der Waals surface area contributed by atoms with Crippen LogP contribution in [0.5, 0.6) is 0 Å². The minimum Gasteiger partial charge on any atom is -0.343 e. The molecule has 0 aliphatic heterocycles. The Balaban J connectivity index is 2.57. The first-order valence-corrected chi connectivity index (χ1v) is 8.64. The number of carbonyl (C=O) groups is 1. The third-order valence-corrected chi connectivity index (χ3v) is 4.75. The number of unbranched alkanes of at least 4 members (excludes halogenated alkanes) is 2. The zero-order chi connectivity index (χ0) is 14.8. The summed E-state index contributed by atoms with van der Waals surface area (Å²) >= 11 is 0. The van der Waals surface area contributed by atoms with Gasteiger partial charge in [0.1, 0.15) is 0 Å². The van der Waals surface area contributed by atoms with Crippen LogP contribution in [-0.2, 0) is 4.79 Å². The summed E-state index contributed by atoms with van der Waals surface area (Å²) < 4.78 is 0. The predicted octanol–water partition coefficient (Wildman–Crippen LogP) is 3.73. The predicted molar refractivity (Wildman–Crippen MR) is 85.9 cm³/mol. The van der Waals surface area contributed by atoms with Gasteiger partial charge in [-0.2, -0.15) is 0 Å². The molecule has 118 valence electrons. The molecule has 1 rings (SSSR count). The van der Waals surface area contributed by atoms with Crippen molar-refractivity contribution in [2.75, 3.05) is 20.1 Å². The van der Waals surface area contributed by atoms with Crippen molar-refractivity contribution < 1.29 is 4.79 Å². The molecule has 1 fully saturated rings. The van der Waals surface area contributed by atoms with E-state index in [1.54, 1.807) is 0 Å². The molecule has 0 aromatic carbocycles. The van der Waals surface area contributed by atoms with E-state index in [0.29, 0.717) is 12.3 Å². The monoisotopic (exact) mass is 282 g/mol. The van der Waals surface area contributed by atoms with Crippen LogP contribution in [0, 0.1) is 0 Å². The van der Waals surface area contributed by atoms with Crippen molar-refractivity contribution in [1.82, 2.24) is 10.2 Å². The average molecular weight is 282 g/mol. The normalized spacial score (nSPS) is 17.9. The Morgan fingerprint density at radius 1 is 1.05 bits per heavy atom. The SMILES string of the molecule is CCCCN(CCCC)C(=O)CC1(NC)CCCCC1. The molecular weight excluding hydrogens is 248 g/mol. The lowest BCUT2D eigenvalue weighted by Gasteiger charge is -2.38. The van der Waals surface area contributed by atoms with Crippen molar-refractivity contribution in [2.24, 2.45) is 0 Å². The van der Waals surface area contributed by atoms with Gasteiger partial charge in [0.25, 0.3) is 0 Å². The summed E-state index contributed by atoms with van der Waals surface area (Å²) in [5.74, 6) is 0.364. The number of amides is 1. The summed E-state index contributed by atoms with van der Waals surface area (Å²) in [6.45, 7) is 6.27. The van der Waals surface area contributed by atoms with Crippen LogP contribution in [0.2, 0.25) is 0 Å². The van der Waals surface area contributed by atoms with Crippen molar-refractivity contribution in [3.63, 3.8) is 0 Å². The number of carbonyl (C=O) groups excluding carboxylic acids is 1. The van der Waals surface area contributed by atoms with Crippen molar-refractivity contribution in [2.45, 2.75) is 83.6 Å². The smallest absolute Gasteiger partial charge is 0.224 e. The van der Waals surface area contributed by atoms with E-state index in [-0.39, 0.29) is 5.54 Å². The van der Waals surface area contributed by atoms with E-state index in [0.717, 1.165) is 51.6 Å². The molecule has 0 atom stereocenters. The lowest BCUT2D eigenvalue weighted by Crippen LogP contribution is -2.49. The third kappa shape index (κ3) is 5.43. The Bertz CT molecular complexity index is 264. The Labute approximate surface area is 125 Å². The molecule has 0 bridgehead atoms. The Hall–Kier alpha value is -0.570. The van der Waals surface area contributed by atoms with Crippen LogP contribution in [0.3, 0.4) is 0 Å². The number of hydrogen-bond donors (Lipinski definition) is 1. The zero-order valence-corrected chi connectivity index (χ0v) is 13.8. The molecule has 0 aromatic heterocycles. The molecule has 1 aliphatic carbocycles. The maximum atomic E-state index is 12.7. The van der Waals surface area contributed by atoms with Gasteiger partial charge in [-0.05, 0) is 32.7 Å². The van der Waals surface area contributed by atoms with E-state index in [1.165, 1.54) is 19.3 Å². The molecule has 3 nitrogen and oxygen atoms in total. The molecule has 0 radical (unpaired) electrons. The van der Waals surface area contributed by atoms with Gasteiger partial charge in [-0.1, -0.05) is 46.0 Å². The molecule has 0 aromatic rings. The molecule has 0 unspecified atom stereocenters. The van der Waals surface area contributed by atoms with Gasteiger partial charge in [-0.25, -0.2) is 0 Å². The van der Waals surface area contributed by atoms with E-state index >= 15 is 0 Å². The highest BCUT2D eigenvalue weighted by Crippen LogP contribution is 2.31. The number of hydrogen-bond acceptors (Lipinski definition) is 2. The van der Waals surface area contributed by atoms with Gasteiger partial charge in [-0.15, -0.1) is 0 Å². The van der Waals surface area contributed by atoms with Crippen LogP contribution in [0.1, 0.15) is 78.1 Å². The van der Waals surface area contributed by atoms with Gasteiger partial charge in [0.2, 0.25) is 5.91 Å². The van der Waals surface area contributed by atoms with Crippen LogP contribution in [0.15, 0.2) is 0 Å². The fraction of sp³-hybridized carbons (Fsp3) is 0.941. The van der Waals surface area contributed by atoms with Crippen LogP contribution in [0.4, 0.5) is 0 Å². The van der Waals surface area contributed by atoms with Gasteiger partial charge < -0.3 is 10.2 Å². The van der Waals surface area contributed by atoms with Crippen molar-refractivity contribution in [3.05, 3.63) is 0 Å². The van der Waals surface area contributed by atoms with Gasteiger partial charge in [-0.3, -0.25) is 4.79 Å². The molecule has 1 aliphatic rings. The lowest BCUT2D eigenvalue weighted by molar-refractivity contribution is -0.133. The van der Waals surface area contributed by atoms with Crippen LogP contribution in [-0.4, -0.2) is 36.5 Å². The van der Waals surface area contributed by atoms with Gasteiger partial charge in [0.15, 0.2) is 0 Å². The second-order valence-corrected chi connectivity index (χ2v) is 6.36. The Kier molecular flexibility index (Phi) is 8.20. The van der Waals surface area contributed by atoms with E-state index < -0.39 is 0 Å². The highest BCUT2D eigenvalue weighted by molar-refractivity contribution is 5.77. The first-order chi connectivity index (χ1) is 9.67. The molecule has 0 saturated heterocycles. The molecule has 3 heteroatoms. The van der Waals surface area contributed by atoms with Crippen LogP contribution in [0.25, 0.3) is 0 Å². The van der Waals surface area contributed by atoms with Crippen molar-refractivity contribution in [1.29, 1.82) is 0 Å². The summed E-state index contributed by atoms with van der Waals surface area (Å²) in [5.41, 5.74) is 0.0754. The number of rotatable bonds is 9. The fourth-order valence-electron chi connectivity index (χ4n) is 3.20. The number of nitrogens with zero attached hydrogens (tertiary/aromatic N) is 1. The largest absolute Gasteiger partial charge is 0.343 e. The summed E-state index contributed by atoms with van der Waals surface area (Å²) in [6.07, 6.45) is 11.4. The Morgan fingerprint density at radius 3 is 2.05 bits per heavy atom. The van der Waals surface area contributed by atoms with Gasteiger partial charge in [0.05, 0.1) is 0 Å². The lowest BCUT2D eigenvalue weighted by atomic mass is 9.79. The quantitative estimate of drug-likeness (QED) is 0.699. The van der Waals surface area contributed by atoms with Crippen LogP contribution < -0.4 is 5.32 Å². The van der Waals surface area contributed by atoms with E-state index in [4.69, 9.17) is 0 Å². The molecular formula is C17H34N2O. The van der Waals surface area contributed by atoms with Crippen LogP contribution >= 0.6 is 0 Å². The summed E-state index contributed by atoms with van der Waals surface area (Å²) in [7, 11) is 2.03.